The van der Waals surface area contributed by atoms with Gasteiger partial charge in [0.1, 0.15) is 5.75 Å². The smallest absolute Gasteiger partial charge is 0.250 e. The molecule has 6 nitrogen and oxygen atoms in total. The lowest BCUT2D eigenvalue weighted by Crippen LogP contribution is -2.37. The molecule has 0 aliphatic carbocycles. The minimum atomic E-state index is -3.07. The second kappa shape index (κ2) is 6.99. The summed E-state index contributed by atoms with van der Waals surface area (Å²) in [5.74, 6) is 0.571. The van der Waals surface area contributed by atoms with Gasteiger partial charge in [0.05, 0.1) is 24.7 Å². The fourth-order valence-electron chi connectivity index (χ4n) is 3.01. The van der Waals surface area contributed by atoms with Crippen molar-refractivity contribution in [3.8, 4) is 5.75 Å². The molecule has 3 rings (SSSR count). The van der Waals surface area contributed by atoms with Gasteiger partial charge in [-0.25, -0.2) is 8.42 Å². The van der Waals surface area contributed by atoms with Gasteiger partial charge in [-0.15, -0.1) is 0 Å². The largest absolute Gasteiger partial charge is 0.497 e. The van der Waals surface area contributed by atoms with Gasteiger partial charge >= 0.3 is 0 Å². The van der Waals surface area contributed by atoms with E-state index in [0.717, 1.165) is 12.1 Å². The number of ether oxygens (including phenoxy) is 1. The number of hydrogen-bond acceptors (Lipinski definition) is 5. The first-order chi connectivity index (χ1) is 11.8. The average molecular weight is 383 g/mol. The molecule has 2 heterocycles. The van der Waals surface area contributed by atoms with E-state index in [0.29, 0.717) is 10.9 Å². The highest BCUT2D eigenvalue weighted by Gasteiger charge is 2.49. The van der Waals surface area contributed by atoms with E-state index in [-0.39, 0.29) is 34.6 Å². The second-order valence-electron chi connectivity index (χ2n) is 6.41. The molecule has 0 N–H and O–H groups in total. The zero-order valence-electron chi connectivity index (χ0n) is 14.5. The predicted molar refractivity (Wildman–Crippen MR) is 101 cm³/mol. The topological polar surface area (TPSA) is 76.0 Å². The molecule has 2 aliphatic heterocycles. The second-order valence-corrected chi connectivity index (χ2v) is 9.77. The van der Waals surface area contributed by atoms with E-state index in [1.165, 1.54) is 11.8 Å². The molecule has 25 heavy (non-hydrogen) atoms. The van der Waals surface area contributed by atoms with E-state index < -0.39 is 9.84 Å². The van der Waals surface area contributed by atoms with Crippen LogP contribution in [0.4, 0.5) is 5.69 Å². The Morgan fingerprint density at radius 1 is 1.44 bits per heavy atom. The number of nitrogens with zero attached hydrogens (tertiary/aromatic N) is 2. The first-order valence-corrected chi connectivity index (χ1v) is 11.0. The Morgan fingerprint density at radius 2 is 2.20 bits per heavy atom. The Hall–Kier alpha value is -1.54. The van der Waals surface area contributed by atoms with Crippen LogP contribution in [-0.4, -0.2) is 49.4 Å². The van der Waals surface area contributed by atoms with E-state index in [1.54, 1.807) is 7.11 Å². The number of amidine groups is 1. The third-order valence-corrected chi connectivity index (χ3v) is 7.85. The summed E-state index contributed by atoms with van der Waals surface area (Å²) in [6.45, 7) is 3.80. The highest BCUT2D eigenvalue weighted by atomic mass is 32.2. The SMILES string of the molecule is CC[C@H](C)C(=O)N=C1S[C@H]2CS(=O)(=O)C[C@@H]2N1c1cccc(OC)c1. The van der Waals surface area contributed by atoms with Crippen molar-refractivity contribution in [3.63, 3.8) is 0 Å². The highest BCUT2D eigenvalue weighted by molar-refractivity contribution is 8.16. The number of rotatable bonds is 4. The van der Waals surface area contributed by atoms with Crippen molar-refractivity contribution in [2.75, 3.05) is 23.5 Å². The molecule has 136 valence electrons. The summed E-state index contributed by atoms with van der Waals surface area (Å²) < 4.78 is 29.4. The molecule has 8 heteroatoms. The Kier molecular flexibility index (Phi) is 5.11. The average Bonchev–Trinajstić information content (AvgIpc) is 3.04. The van der Waals surface area contributed by atoms with E-state index in [1.807, 2.05) is 43.0 Å². The van der Waals surface area contributed by atoms with Gasteiger partial charge in [0.25, 0.3) is 5.91 Å². The van der Waals surface area contributed by atoms with Crippen molar-refractivity contribution < 1.29 is 17.9 Å². The van der Waals surface area contributed by atoms with Gasteiger partial charge in [0.2, 0.25) is 0 Å². The number of carbonyl (C=O) groups is 1. The Balaban J connectivity index is 2.00. The molecule has 0 saturated carbocycles. The molecule has 0 radical (unpaired) electrons. The fraction of sp³-hybridized carbons (Fsp3) is 0.529. The standard InChI is InChI=1S/C17H22N2O4S2/c1-4-11(2)16(20)18-17-19(12-6-5-7-13(8-12)23-3)14-9-25(21,22)10-15(14)24-17/h5-8,11,14-15H,4,9-10H2,1-3H3/t11-,14-,15-/m0/s1. The van der Waals surface area contributed by atoms with E-state index >= 15 is 0 Å². The number of anilines is 1. The number of aliphatic imine (C=N–C) groups is 1. The van der Waals surface area contributed by atoms with Crippen LogP contribution in [0.2, 0.25) is 0 Å². The van der Waals surface area contributed by atoms with Crippen LogP contribution >= 0.6 is 11.8 Å². The fourth-order valence-corrected chi connectivity index (χ4v) is 6.93. The van der Waals surface area contributed by atoms with E-state index in [9.17, 15) is 13.2 Å². The molecular weight excluding hydrogens is 360 g/mol. The van der Waals surface area contributed by atoms with Crippen LogP contribution in [0, 0.1) is 5.92 Å². The minimum Gasteiger partial charge on any atom is -0.497 e. The van der Waals surface area contributed by atoms with Crippen LogP contribution < -0.4 is 9.64 Å². The van der Waals surface area contributed by atoms with Gasteiger partial charge in [-0.3, -0.25) is 4.79 Å². The molecule has 0 spiro atoms. The summed E-state index contributed by atoms with van der Waals surface area (Å²) in [4.78, 5) is 18.5. The first-order valence-electron chi connectivity index (χ1n) is 8.27. The van der Waals surface area contributed by atoms with E-state index in [4.69, 9.17) is 4.74 Å². The van der Waals surface area contributed by atoms with Crippen LogP contribution in [0.1, 0.15) is 20.3 Å². The molecule has 2 aliphatic rings. The van der Waals surface area contributed by atoms with Gasteiger partial charge in [-0.1, -0.05) is 31.7 Å². The maximum atomic E-state index is 12.3. The van der Waals surface area contributed by atoms with Gasteiger partial charge < -0.3 is 9.64 Å². The van der Waals surface area contributed by atoms with Gasteiger partial charge in [0, 0.05) is 22.9 Å². The molecule has 1 aromatic rings. The van der Waals surface area contributed by atoms with Crippen molar-refractivity contribution >= 4 is 38.4 Å². The van der Waals surface area contributed by atoms with Crippen LogP contribution in [-0.2, 0) is 14.6 Å². The molecule has 0 bridgehead atoms. The lowest BCUT2D eigenvalue weighted by Gasteiger charge is -2.25. The minimum absolute atomic E-state index is 0.0818. The summed E-state index contributed by atoms with van der Waals surface area (Å²) in [7, 11) is -1.48. The Morgan fingerprint density at radius 3 is 2.88 bits per heavy atom. The van der Waals surface area contributed by atoms with Gasteiger partial charge in [-0.2, -0.15) is 4.99 Å². The number of hydrogen-bond donors (Lipinski definition) is 0. The Labute approximate surface area is 152 Å². The zero-order valence-corrected chi connectivity index (χ0v) is 16.1. The third-order valence-electron chi connectivity index (χ3n) is 4.64. The summed E-state index contributed by atoms with van der Waals surface area (Å²) >= 11 is 1.39. The number of thioether (sulfide) groups is 1. The molecule has 1 amide bonds. The van der Waals surface area contributed by atoms with Crippen molar-refractivity contribution in [3.05, 3.63) is 24.3 Å². The molecule has 1 aromatic carbocycles. The Bertz CT molecular complexity index is 807. The van der Waals surface area contributed by atoms with Crippen LogP contribution in [0.5, 0.6) is 5.75 Å². The van der Waals surface area contributed by atoms with Crippen molar-refractivity contribution in [1.82, 2.24) is 0 Å². The quantitative estimate of drug-likeness (QED) is 0.796. The number of carbonyl (C=O) groups excluding carboxylic acids is 1. The third kappa shape index (κ3) is 3.69. The summed E-state index contributed by atoms with van der Waals surface area (Å²) in [6, 6.07) is 7.21. The van der Waals surface area contributed by atoms with Crippen LogP contribution in [0.3, 0.4) is 0 Å². The lowest BCUT2D eigenvalue weighted by atomic mass is 10.1. The van der Waals surface area contributed by atoms with Crippen molar-refractivity contribution in [2.45, 2.75) is 31.6 Å². The van der Waals surface area contributed by atoms with Crippen molar-refractivity contribution in [2.24, 2.45) is 10.9 Å². The number of amides is 1. The predicted octanol–water partition coefficient (Wildman–Crippen LogP) is 2.34. The maximum absolute atomic E-state index is 12.3. The summed E-state index contributed by atoms with van der Waals surface area (Å²) in [6.07, 6.45) is 0.723. The monoisotopic (exact) mass is 382 g/mol. The summed E-state index contributed by atoms with van der Waals surface area (Å²) in [5.41, 5.74) is 0.798. The number of benzene rings is 1. The van der Waals surface area contributed by atoms with Gasteiger partial charge in [0.15, 0.2) is 15.0 Å². The highest BCUT2D eigenvalue weighted by Crippen LogP contribution is 2.41. The molecular formula is C17H22N2O4S2. The molecule has 3 atom stereocenters. The molecule has 0 unspecified atom stereocenters. The summed E-state index contributed by atoms with van der Waals surface area (Å²) in [5, 5.41) is 0.489. The zero-order chi connectivity index (χ0) is 18.2. The van der Waals surface area contributed by atoms with E-state index in [2.05, 4.69) is 4.99 Å². The van der Waals surface area contributed by atoms with Gasteiger partial charge in [-0.05, 0) is 18.6 Å². The number of fused-ring (bicyclic) bond motifs is 1. The molecule has 0 aromatic heterocycles. The molecule has 2 saturated heterocycles. The lowest BCUT2D eigenvalue weighted by molar-refractivity contribution is -0.121. The maximum Gasteiger partial charge on any atom is 0.250 e. The normalized spacial score (nSPS) is 27.3. The molecule has 2 fully saturated rings. The number of sulfone groups is 1. The van der Waals surface area contributed by atoms with Crippen molar-refractivity contribution in [1.29, 1.82) is 0 Å². The number of methoxy groups -OCH3 is 1. The van der Waals surface area contributed by atoms with Crippen LogP contribution in [0.15, 0.2) is 29.3 Å². The van der Waals surface area contributed by atoms with Crippen LogP contribution in [0.25, 0.3) is 0 Å². The first kappa shape index (κ1) is 18.3.